The van der Waals surface area contributed by atoms with E-state index in [2.05, 4.69) is 15.5 Å². The summed E-state index contributed by atoms with van der Waals surface area (Å²) in [5, 5.41) is 7.49. The standard InChI is InChI=1S/C16H18N4O3/c1-10-14(15(19-23-10)13-4-2-3-5-17-13)16(21)20-6-11(7-20)18-12-8-22-9-12/h2-5,11-12,18H,6-9H2,1H3. The van der Waals surface area contributed by atoms with Gasteiger partial charge in [0.15, 0.2) is 0 Å². The van der Waals surface area contributed by atoms with E-state index in [1.54, 1.807) is 13.1 Å². The zero-order valence-corrected chi connectivity index (χ0v) is 12.9. The number of ether oxygens (including phenoxy) is 1. The highest BCUT2D eigenvalue weighted by molar-refractivity contribution is 6.00. The summed E-state index contributed by atoms with van der Waals surface area (Å²) in [6.07, 6.45) is 1.68. The van der Waals surface area contributed by atoms with Crippen molar-refractivity contribution in [2.75, 3.05) is 26.3 Å². The van der Waals surface area contributed by atoms with Crippen molar-refractivity contribution in [3.63, 3.8) is 0 Å². The van der Waals surface area contributed by atoms with E-state index in [1.807, 2.05) is 23.1 Å². The molecule has 2 aromatic heterocycles. The molecular formula is C16H18N4O3. The van der Waals surface area contributed by atoms with Crippen molar-refractivity contribution in [3.8, 4) is 11.4 Å². The van der Waals surface area contributed by atoms with Crippen LogP contribution >= 0.6 is 0 Å². The molecule has 0 aromatic carbocycles. The fourth-order valence-electron chi connectivity index (χ4n) is 2.87. The minimum Gasteiger partial charge on any atom is -0.378 e. The Kier molecular flexibility index (Phi) is 3.59. The monoisotopic (exact) mass is 314 g/mol. The van der Waals surface area contributed by atoms with Gasteiger partial charge in [-0.15, -0.1) is 0 Å². The average Bonchev–Trinajstić information content (AvgIpc) is 2.86. The molecule has 2 fully saturated rings. The van der Waals surface area contributed by atoms with Crippen LogP contribution in [0.15, 0.2) is 28.9 Å². The molecule has 0 bridgehead atoms. The van der Waals surface area contributed by atoms with Gasteiger partial charge < -0.3 is 19.5 Å². The molecule has 2 aromatic rings. The van der Waals surface area contributed by atoms with Crippen LogP contribution in [-0.4, -0.2) is 59.3 Å². The second kappa shape index (κ2) is 5.75. The summed E-state index contributed by atoms with van der Waals surface area (Å²) < 4.78 is 10.4. The van der Waals surface area contributed by atoms with Gasteiger partial charge in [0, 0.05) is 25.3 Å². The Hall–Kier alpha value is -2.25. The molecule has 0 aliphatic carbocycles. The highest BCUT2D eigenvalue weighted by atomic mass is 16.5. The molecule has 0 spiro atoms. The van der Waals surface area contributed by atoms with E-state index in [9.17, 15) is 4.79 Å². The van der Waals surface area contributed by atoms with E-state index in [4.69, 9.17) is 9.26 Å². The quantitative estimate of drug-likeness (QED) is 0.901. The lowest BCUT2D eigenvalue weighted by Gasteiger charge is -2.43. The van der Waals surface area contributed by atoms with Gasteiger partial charge in [-0.25, -0.2) is 0 Å². The summed E-state index contributed by atoms with van der Waals surface area (Å²) in [5.41, 5.74) is 1.67. The zero-order valence-electron chi connectivity index (χ0n) is 12.9. The summed E-state index contributed by atoms with van der Waals surface area (Å²) in [7, 11) is 0. The van der Waals surface area contributed by atoms with Crippen LogP contribution in [0.25, 0.3) is 11.4 Å². The predicted molar refractivity (Wildman–Crippen MR) is 81.9 cm³/mol. The van der Waals surface area contributed by atoms with Crippen LogP contribution in [0.5, 0.6) is 0 Å². The number of rotatable bonds is 4. The summed E-state index contributed by atoms with van der Waals surface area (Å²) >= 11 is 0. The van der Waals surface area contributed by atoms with Crippen LogP contribution in [0.4, 0.5) is 0 Å². The lowest BCUT2D eigenvalue weighted by Crippen LogP contribution is -2.64. The van der Waals surface area contributed by atoms with Gasteiger partial charge in [-0.05, 0) is 19.1 Å². The fourth-order valence-corrected chi connectivity index (χ4v) is 2.87. The molecule has 2 saturated heterocycles. The third-order valence-corrected chi connectivity index (χ3v) is 4.26. The van der Waals surface area contributed by atoms with Crippen LogP contribution in [0.3, 0.4) is 0 Å². The van der Waals surface area contributed by atoms with E-state index in [0.29, 0.717) is 47.9 Å². The first-order valence-electron chi connectivity index (χ1n) is 7.73. The maximum atomic E-state index is 12.8. The number of aromatic nitrogens is 2. The molecule has 23 heavy (non-hydrogen) atoms. The maximum absolute atomic E-state index is 12.8. The van der Waals surface area contributed by atoms with Gasteiger partial charge in [-0.1, -0.05) is 11.2 Å². The van der Waals surface area contributed by atoms with Crippen LogP contribution in [0, 0.1) is 6.92 Å². The van der Waals surface area contributed by atoms with E-state index < -0.39 is 0 Å². The first-order valence-corrected chi connectivity index (χ1v) is 7.73. The average molecular weight is 314 g/mol. The predicted octanol–water partition coefficient (Wildman–Crippen LogP) is 0.858. The van der Waals surface area contributed by atoms with Gasteiger partial charge in [0.1, 0.15) is 17.0 Å². The van der Waals surface area contributed by atoms with Gasteiger partial charge in [-0.2, -0.15) is 0 Å². The maximum Gasteiger partial charge on any atom is 0.259 e. The Bertz CT molecular complexity index is 705. The largest absolute Gasteiger partial charge is 0.378 e. The minimum atomic E-state index is -0.0488. The Morgan fingerprint density at radius 2 is 2.13 bits per heavy atom. The van der Waals surface area contributed by atoms with Crippen LogP contribution in [0.2, 0.25) is 0 Å². The molecule has 0 atom stereocenters. The Labute approximate surface area is 133 Å². The molecule has 4 rings (SSSR count). The molecule has 4 heterocycles. The van der Waals surface area contributed by atoms with Crippen molar-refractivity contribution in [2.24, 2.45) is 0 Å². The van der Waals surface area contributed by atoms with E-state index in [-0.39, 0.29) is 5.91 Å². The van der Waals surface area contributed by atoms with Gasteiger partial charge in [-0.3, -0.25) is 9.78 Å². The van der Waals surface area contributed by atoms with Crippen LogP contribution in [0.1, 0.15) is 16.1 Å². The first kappa shape index (κ1) is 14.3. The Balaban J connectivity index is 1.48. The molecule has 7 nitrogen and oxygen atoms in total. The zero-order chi connectivity index (χ0) is 15.8. The van der Waals surface area contributed by atoms with Gasteiger partial charge >= 0.3 is 0 Å². The first-order chi connectivity index (χ1) is 11.2. The summed E-state index contributed by atoms with van der Waals surface area (Å²) in [6.45, 7) is 4.68. The van der Waals surface area contributed by atoms with Gasteiger partial charge in [0.05, 0.1) is 24.9 Å². The molecule has 0 unspecified atom stereocenters. The topological polar surface area (TPSA) is 80.5 Å². The molecule has 1 N–H and O–H groups in total. The third-order valence-electron chi connectivity index (χ3n) is 4.26. The van der Waals surface area contributed by atoms with Crippen LogP contribution < -0.4 is 5.32 Å². The molecule has 0 saturated carbocycles. The van der Waals surface area contributed by atoms with Crippen molar-refractivity contribution in [2.45, 2.75) is 19.0 Å². The number of nitrogens with one attached hydrogen (secondary N) is 1. The summed E-state index contributed by atoms with van der Waals surface area (Å²) in [6, 6.07) is 6.29. The number of hydrogen-bond donors (Lipinski definition) is 1. The molecular weight excluding hydrogens is 296 g/mol. The number of pyridine rings is 1. The number of aryl methyl sites for hydroxylation is 1. The van der Waals surface area contributed by atoms with Crippen molar-refractivity contribution >= 4 is 5.91 Å². The molecule has 2 aliphatic rings. The molecule has 0 radical (unpaired) electrons. The number of carbonyl (C=O) groups excluding carboxylic acids is 1. The molecule has 7 heteroatoms. The highest BCUT2D eigenvalue weighted by Gasteiger charge is 2.36. The second-order valence-corrected chi connectivity index (χ2v) is 5.99. The van der Waals surface area contributed by atoms with E-state index in [0.717, 1.165) is 13.2 Å². The lowest BCUT2D eigenvalue weighted by molar-refractivity contribution is -0.0210. The number of likely N-dealkylation sites (tertiary alicyclic amines) is 1. The molecule has 2 aliphatic heterocycles. The number of hydrogen-bond acceptors (Lipinski definition) is 6. The van der Waals surface area contributed by atoms with Gasteiger partial charge in [0.25, 0.3) is 5.91 Å². The normalized spacial score (nSPS) is 18.6. The van der Waals surface area contributed by atoms with E-state index >= 15 is 0 Å². The smallest absolute Gasteiger partial charge is 0.259 e. The fraction of sp³-hybridized carbons (Fsp3) is 0.438. The third kappa shape index (κ3) is 2.62. The van der Waals surface area contributed by atoms with Crippen molar-refractivity contribution in [1.29, 1.82) is 0 Å². The molecule has 120 valence electrons. The molecule has 1 amide bonds. The van der Waals surface area contributed by atoms with Gasteiger partial charge in [0.2, 0.25) is 0 Å². The second-order valence-electron chi connectivity index (χ2n) is 5.99. The lowest BCUT2D eigenvalue weighted by atomic mass is 10.0. The van der Waals surface area contributed by atoms with E-state index in [1.165, 1.54) is 0 Å². The van der Waals surface area contributed by atoms with Crippen LogP contribution in [-0.2, 0) is 4.74 Å². The number of amides is 1. The van der Waals surface area contributed by atoms with Crippen molar-refractivity contribution in [1.82, 2.24) is 20.4 Å². The van der Waals surface area contributed by atoms with Crippen molar-refractivity contribution < 1.29 is 14.1 Å². The number of carbonyl (C=O) groups is 1. The highest BCUT2D eigenvalue weighted by Crippen LogP contribution is 2.26. The summed E-state index contributed by atoms with van der Waals surface area (Å²) in [5.74, 6) is 0.478. The SMILES string of the molecule is Cc1onc(-c2ccccn2)c1C(=O)N1CC(NC2COC2)C1. The van der Waals surface area contributed by atoms with Crippen molar-refractivity contribution in [3.05, 3.63) is 35.7 Å². The summed E-state index contributed by atoms with van der Waals surface area (Å²) in [4.78, 5) is 18.8. The number of nitrogens with zero attached hydrogens (tertiary/aromatic N) is 3. The Morgan fingerprint density at radius 1 is 1.30 bits per heavy atom. The Morgan fingerprint density at radius 3 is 2.78 bits per heavy atom. The minimum absolute atomic E-state index is 0.0488.